The summed E-state index contributed by atoms with van der Waals surface area (Å²) in [5, 5.41) is 13.5. The fourth-order valence-electron chi connectivity index (χ4n) is 2.96. The average molecular weight is 361 g/mol. The van der Waals surface area contributed by atoms with Crippen LogP contribution in [0.3, 0.4) is 0 Å². The van der Waals surface area contributed by atoms with Crippen molar-refractivity contribution in [2.75, 3.05) is 17.1 Å². The van der Waals surface area contributed by atoms with Crippen molar-refractivity contribution >= 4 is 17.1 Å². The Bertz CT molecular complexity index is 920. The molecule has 26 heavy (non-hydrogen) atoms. The molecule has 0 fully saturated rings. The highest BCUT2D eigenvalue weighted by molar-refractivity contribution is 5.82. The molecule has 2 aromatic rings. The van der Waals surface area contributed by atoms with Crippen LogP contribution in [0.15, 0.2) is 66.2 Å². The number of anilines is 2. The van der Waals surface area contributed by atoms with Crippen molar-refractivity contribution in [1.29, 1.82) is 0 Å². The first kappa shape index (κ1) is 16.3. The van der Waals surface area contributed by atoms with E-state index in [9.17, 15) is 18.3 Å². The molecule has 0 aliphatic carbocycles. The lowest BCUT2D eigenvalue weighted by Gasteiger charge is -2.28. The van der Waals surface area contributed by atoms with Gasteiger partial charge < -0.3 is 9.84 Å². The van der Waals surface area contributed by atoms with Crippen molar-refractivity contribution < 1.29 is 23.0 Å². The molecular weight excluding hydrogens is 347 g/mol. The Hall–Kier alpha value is -3.13. The summed E-state index contributed by atoms with van der Waals surface area (Å²) in [6, 6.07) is 11.9. The van der Waals surface area contributed by atoms with E-state index in [1.807, 2.05) is 24.3 Å². The first-order valence-electron chi connectivity index (χ1n) is 7.72. The van der Waals surface area contributed by atoms with E-state index >= 15 is 0 Å². The molecule has 0 saturated heterocycles. The largest absolute Gasteiger partial charge is 0.496 e. The molecule has 0 spiro atoms. The maximum absolute atomic E-state index is 12.7. The predicted molar refractivity (Wildman–Crippen MR) is 90.6 cm³/mol. The molecule has 0 amide bonds. The van der Waals surface area contributed by atoms with Gasteiger partial charge in [0.25, 0.3) is 0 Å². The van der Waals surface area contributed by atoms with Crippen LogP contribution in [0.4, 0.5) is 24.5 Å². The molecule has 2 aliphatic rings. The van der Waals surface area contributed by atoms with E-state index < -0.39 is 11.7 Å². The SMILES string of the molecule is COC1=CC2=C(O)N(c3ccc(C(F)(F)F)cc3)NN2c2ccccc21. The average Bonchev–Trinajstić information content (AvgIpc) is 2.97. The maximum Gasteiger partial charge on any atom is 0.416 e. The van der Waals surface area contributed by atoms with Gasteiger partial charge in [-0.3, -0.25) is 5.01 Å². The van der Waals surface area contributed by atoms with E-state index in [4.69, 9.17) is 4.74 Å². The number of benzene rings is 2. The molecule has 8 heteroatoms. The molecule has 2 aromatic carbocycles. The molecule has 2 aliphatic heterocycles. The van der Waals surface area contributed by atoms with Crippen LogP contribution in [-0.2, 0) is 10.9 Å². The first-order chi connectivity index (χ1) is 12.4. The number of rotatable bonds is 2. The molecular formula is C18H14F3N3O2. The number of aliphatic hydroxyl groups excluding tert-OH is 1. The van der Waals surface area contributed by atoms with Gasteiger partial charge in [0.1, 0.15) is 11.5 Å². The zero-order valence-corrected chi connectivity index (χ0v) is 13.6. The minimum absolute atomic E-state index is 0.145. The molecule has 2 N–H and O–H groups in total. The van der Waals surface area contributed by atoms with Gasteiger partial charge in [-0.05, 0) is 36.4 Å². The second kappa shape index (κ2) is 5.70. The van der Waals surface area contributed by atoms with Crippen LogP contribution in [0.1, 0.15) is 11.1 Å². The van der Waals surface area contributed by atoms with Crippen LogP contribution in [0, 0.1) is 0 Å². The number of halogens is 3. The van der Waals surface area contributed by atoms with Crippen molar-refractivity contribution in [3.63, 3.8) is 0 Å². The number of allylic oxidation sites excluding steroid dienone is 1. The summed E-state index contributed by atoms with van der Waals surface area (Å²) < 4.78 is 43.6. The molecule has 5 nitrogen and oxygen atoms in total. The number of nitrogens with one attached hydrogen (secondary N) is 1. The topological polar surface area (TPSA) is 48.0 Å². The zero-order chi connectivity index (χ0) is 18.5. The third-order valence-electron chi connectivity index (χ3n) is 4.23. The summed E-state index contributed by atoms with van der Waals surface area (Å²) >= 11 is 0. The second-order valence-electron chi connectivity index (χ2n) is 5.75. The van der Waals surface area contributed by atoms with Crippen LogP contribution in [0.2, 0.25) is 0 Å². The van der Waals surface area contributed by atoms with Crippen molar-refractivity contribution in [3.05, 3.63) is 77.3 Å². The number of alkyl halides is 3. The minimum Gasteiger partial charge on any atom is -0.496 e. The molecule has 0 bridgehead atoms. The molecule has 0 saturated carbocycles. The van der Waals surface area contributed by atoms with Crippen molar-refractivity contribution in [2.45, 2.75) is 6.18 Å². The molecule has 2 heterocycles. The summed E-state index contributed by atoms with van der Waals surface area (Å²) in [5.74, 6) is 0.434. The van der Waals surface area contributed by atoms with Gasteiger partial charge in [0.05, 0.1) is 24.0 Å². The van der Waals surface area contributed by atoms with Gasteiger partial charge in [0, 0.05) is 11.6 Å². The second-order valence-corrected chi connectivity index (χ2v) is 5.75. The minimum atomic E-state index is -4.41. The monoisotopic (exact) mass is 361 g/mol. The number of hydrazine groups is 2. The summed E-state index contributed by atoms with van der Waals surface area (Å²) in [5.41, 5.74) is 4.60. The van der Waals surface area contributed by atoms with Gasteiger partial charge in [-0.15, -0.1) is 5.53 Å². The van der Waals surface area contributed by atoms with Gasteiger partial charge in [-0.1, -0.05) is 12.1 Å². The Morgan fingerprint density at radius 2 is 1.69 bits per heavy atom. The number of hydrogen-bond donors (Lipinski definition) is 2. The number of fused-ring (bicyclic) bond motifs is 3. The Morgan fingerprint density at radius 3 is 2.35 bits per heavy atom. The quantitative estimate of drug-likeness (QED) is 0.840. The Kier molecular flexibility index (Phi) is 3.58. The molecule has 134 valence electrons. The van der Waals surface area contributed by atoms with Crippen LogP contribution < -0.4 is 15.6 Å². The van der Waals surface area contributed by atoms with E-state index in [-0.39, 0.29) is 5.88 Å². The van der Waals surface area contributed by atoms with Crippen LogP contribution in [0.5, 0.6) is 0 Å². The van der Waals surface area contributed by atoms with E-state index in [1.54, 1.807) is 11.1 Å². The Balaban J connectivity index is 1.73. The first-order valence-corrected chi connectivity index (χ1v) is 7.72. The summed E-state index contributed by atoms with van der Waals surface area (Å²) in [7, 11) is 1.53. The van der Waals surface area contributed by atoms with Gasteiger partial charge in [0.15, 0.2) is 0 Å². The lowest BCUT2D eigenvalue weighted by molar-refractivity contribution is -0.137. The number of methoxy groups -OCH3 is 1. The van der Waals surface area contributed by atoms with Crippen molar-refractivity contribution in [1.82, 2.24) is 5.53 Å². The Labute approximate surface area is 147 Å². The maximum atomic E-state index is 12.7. The number of ether oxygens (including phenoxy) is 1. The summed E-state index contributed by atoms with van der Waals surface area (Å²) in [4.78, 5) is 0. The predicted octanol–water partition coefficient (Wildman–Crippen LogP) is 4.18. The van der Waals surface area contributed by atoms with Crippen LogP contribution >= 0.6 is 0 Å². The molecule has 0 aromatic heterocycles. The third-order valence-corrected chi connectivity index (χ3v) is 4.23. The molecule has 4 rings (SSSR count). The summed E-state index contributed by atoms with van der Waals surface area (Å²) in [6.07, 6.45) is -2.75. The van der Waals surface area contributed by atoms with Crippen LogP contribution in [0.25, 0.3) is 5.76 Å². The summed E-state index contributed by atoms with van der Waals surface area (Å²) in [6.45, 7) is 0. The van der Waals surface area contributed by atoms with E-state index in [1.165, 1.54) is 24.3 Å². The number of hydrogen-bond acceptors (Lipinski definition) is 5. The lowest BCUT2D eigenvalue weighted by Crippen LogP contribution is -2.42. The fourth-order valence-corrected chi connectivity index (χ4v) is 2.96. The highest BCUT2D eigenvalue weighted by Gasteiger charge is 2.36. The molecule has 0 radical (unpaired) electrons. The normalized spacial score (nSPS) is 16.4. The fraction of sp³-hybridized carbons (Fsp3) is 0.111. The van der Waals surface area contributed by atoms with Gasteiger partial charge in [-0.2, -0.15) is 13.2 Å². The Morgan fingerprint density at radius 1 is 1.00 bits per heavy atom. The van der Waals surface area contributed by atoms with E-state index in [2.05, 4.69) is 5.53 Å². The lowest BCUT2D eigenvalue weighted by atomic mass is 10.1. The van der Waals surface area contributed by atoms with E-state index in [0.717, 1.165) is 23.4 Å². The van der Waals surface area contributed by atoms with Gasteiger partial charge in [-0.25, -0.2) is 5.01 Å². The zero-order valence-electron chi connectivity index (χ0n) is 13.6. The third kappa shape index (κ3) is 2.46. The highest BCUT2D eigenvalue weighted by atomic mass is 19.4. The van der Waals surface area contributed by atoms with Crippen LogP contribution in [-0.4, -0.2) is 12.2 Å². The number of aliphatic hydroxyl groups is 1. The molecule has 0 atom stereocenters. The highest BCUT2D eigenvalue weighted by Crippen LogP contribution is 2.40. The van der Waals surface area contributed by atoms with E-state index in [0.29, 0.717) is 17.1 Å². The van der Waals surface area contributed by atoms with Crippen molar-refractivity contribution in [2.24, 2.45) is 0 Å². The van der Waals surface area contributed by atoms with Gasteiger partial charge in [0.2, 0.25) is 5.88 Å². The smallest absolute Gasteiger partial charge is 0.416 e. The number of nitrogens with zero attached hydrogens (tertiary/aromatic N) is 2. The van der Waals surface area contributed by atoms with Gasteiger partial charge >= 0.3 is 6.18 Å². The number of para-hydroxylation sites is 1. The standard InChI is InChI=1S/C18H14F3N3O2/c1-26-16-10-15-17(25)23(12-8-6-11(7-9-12)18(19,20)21)22-24(15)14-5-3-2-4-13(14)16/h2-10,22,25H,1H3. The van der Waals surface area contributed by atoms with Crippen molar-refractivity contribution in [3.8, 4) is 0 Å². The molecule has 0 unspecified atom stereocenters.